The maximum Gasteiger partial charge on any atom is 0.254 e. The average Bonchev–Trinajstić information content (AvgIpc) is 2.73. The molecule has 21 heavy (non-hydrogen) atoms. The molecular formula is C16H13Cl2NO2. The Morgan fingerprint density at radius 3 is 2.71 bits per heavy atom. The van der Waals surface area contributed by atoms with Crippen molar-refractivity contribution < 1.29 is 9.53 Å². The zero-order chi connectivity index (χ0) is 15.0. The number of carbonyl (C=O) groups excluding carboxylic acids is 1. The fourth-order valence-corrected chi connectivity index (χ4v) is 3.07. The number of ether oxygens (including phenoxy) is 1. The molecule has 0 aromatic heterocycles. The molecule has 2 aromatic rings. The van der Waals surface area contributed by atoms with Crippen LogP contribution in [0.25, 0.3) is 0 Å². The Bertz CT molecular complexity index is 717. The van der Waals surface area contributed by atoms with Crippen LogP contribution in [0.4, 0.5) is 5.69 Å². The maximum atomic E-state index is 12.5. The molecule has 0 radical (unpaired) electrons. The summed E-state index contributed by atoms with van der Waals surface area (Å²) in [4.78, 5) is 11.2. The normalized spacial score (nSPS) is 20.0. The van der Waals surface area contributed by atoms with Crippen molar-refractivity contribution in [2.45, 2.75) is 11.8 Å². The molecule has 1 atom stereocenters. The standard InChI is InChI=1S/C16H13Cl2NO2/c1-2-21-14-6-4-3-5-11(14)16(18)12-9-10(17)7-8-13(12)19-15(16)20/h3-9H,2H2,1H3,(H,19,20). The first-order valence-corrected chi connectivity index (χ1v) is 7.35. The SMILES string of the molecule is CCOc1ccccc1C1(Cl)C(=O)Nc2ccc(Cl)cc21. The van der Waals surface area contributed by atoms with Gasteiger partial charge in [0.25, 0.3) is 5.91 Å². The summed E-state index contributed by atoms with van der Waals surface area (Å²) in [6, 6.07) is 12.5. The van der Waals surface area contributed by atoms with Crippen LogP contribution in [0.3, 0.4) is 0 Å². The lowest BCUT2D eigenvalue weighted by atomic mass is 9.91. The molecule has 0 fully saturated rings. The molecule has 1 aliphatic rings. The summed E-state index contributed by atoms with van der Waals surface area (Å²) in [7, 11) is 0. The lowest BCUT2D eigenvalue weighted by molar-refractivity contribution is -0.117. The molecule has 0 spiro atoms. The predicted molar refractivity (Wildman–Crippen MR) is 84.3 cm³/mol. The molecule has 0 bridgehead atoms. The summed E-state index contributed by atoms with van der Waals surface area (Å²) in [5.74, 6) is 0.298. The Labute approximate surface area is 132 Å². The Balaban J connectivity index is 2.22. The first-order chi connectivity index (χ1) is 10.1. The molecule has 0 saturated heterocycles. The van der Waals surface area contributed by atoms with Crippen LogP contribution in [0, 0.1) is 0 Å². The van der Waals surface area contributed by atoms with Gasteiger partial charge in [-0.15, -0.1) is 0 Å². The number of fused-ring (bicyclic) bond motifs is 1. The van der Waals surface area contributed by atoms with E-state index < -0.39 is 4.87 Å². The molecular weight excluding hydrogens is 309 g/mol. The molecule has 3 rings (SSSR count). The summed E-state index contributed by atoms with van der Waals surface area (Å²) in [5, 5.41) is 3.33. The lowest BCUT2D eigenvalue weighted by Crippen LogP contribution is -2.30. The van der Waals surface area contributed by atoms with Crippen LogP contribution in [-0.4, -0.2) is 12.5 Å². The van der Waals surface area contributed by atoms with Gasteiger partial charge in [0.05, 0.1) is 6.61 Å². The van der Waals surface area contributed by atoms with E-state index in [-0.39, 0.29) is 5.91 Å². The molecule has 1 aliphatic heterocycles. The topological polar surface area (TPSA) is 38.3 Å². The van der Waals surface area contributed by atoms with Gasteiger partial charge in [0.15, 0.2) is 4.87 Å². The van der Waals surface area contributed by atoms with Crippen LogP contribution < -0.4 is 10.1 Å². The monoisotopic (exact) mass is 321 g/mol. The van der Waals surface area contributed by atoms with Gasteiger partial charge in [0, 0.05) is 21.8 Å². The largest absolute Gasteiger partial charge is 0.494 e. The maximum absolute atomic E-state index is 12.5. The van der Waals surface area contributed by atoms with Crippen molar-refractivity contribution in [3.05, 3.63) is 58.6 Å². The lowest BCUT2D eigenvalue weighted by Gasteiger charge is -2.23. The summed E-state index contributed by atoms with van der Waals surface area (Å²) in [6.07, 6.45) is 0. The second-order valence-corrected chi connectivity index (χ2v) is 5.74. The minimum Gasteiger partial charge on any atom is -0.494 e. The number of nitrogens with one attached hydrogen (secondary N) is 1. The fraction of sp³-hybridized carbons (Fsp3) is 0.188. The number of hydrogen-bond acceptors (Lipinski definition) is 2. The Morgan fingerprint density at radius 2 is 1.95 bits per heavy atom. The van der Waals surface area contributed by atoms with Crippen molar-refractivity contribution in [1.82, 2.24) is 0 Å². The number of hydrogen-bond donors (Lipinski definition) is 1. The van der Waals surface area contributed by atoms with Crippen molar-refractivity contribution in [3.8, 4) is 5.75 Å². The summed E-state index contributed by atoms with van der Waals surface area (Å²) >= 11 is 12.8. The zero-order valence-corrected chi connectivity index (χ0v) is 12.8. The first-order valence-electron chi connectivity index (χ1n) is 6.60. The second kappa shape index (κ2) is 5.24. The highest BCUT2D eigenvalue weighted by molar-refractivity contribution is 6.41. The number of amides is 1. The third kappa shape index (κ3) is 2.17. The average molecular weight is 322 g/mol. The fourth-order valence-electron chi connectivity index (χ4n) is 2.54. The number of benzene rings is 2. The molecule has 1 unspecified atom stereocenters. The van der Waals surface area contributed by atoms with E-state index in [2.05, 4.69) is 5.32 Å². The summed E-state index contributed by atoms with van der Waals surface area (Å²) in [5.41, 5.74) is 1.94. The van der Waals surface area contributed by atoms with Crippen LogP contribution in [0.15, 0.2) is 42.5 Å². The van der Waals surface area contributed by atoms with Crippen LogP contribution in [0.2, 0.25) is 5.02 Å². The van der Waals surface area contributed by atoms with Gasteiger partial charge >= 0.3 is 0 Å². The minimum atomic E-state index is -1.33. The number of rotatable bonds is 3. The van der Waals surface area contributed by atoms with Crippen LogP contribution in [0.5, 0.6) is 5.75 Å². The molecule has 1 N–H and O–H groups in total. The summed E-state index contributed by atoms with van der Waals surface area (Å²) < 4.78 is 5.61. The van der Waals surface area contributed by atoms with E-state index in [4.69, 9.17) is 27.9 Å². The van der Waals surface area contributed by atoms with Gasteiger partial charge in [0.2, 0.25) is 0 Å². The molecule has 108 valence electrons. The van der Waals surface area contributed by atoms with Gasteiger partial charge in [-0.3, -0.25) is 4.79 Å². The van der Waals surface area contributed by atoms with Gasteiger partial charge in [0.1, 0.15) is 5.75 Å². The minimum absolute atomic E-state index is 0.298. The smallest absolute Gasteiger partial charge is 0.254 e. The molecule has 2 aromatic carbocycles. The Kier molecular flexibility index (Phi) is 3.56. The number of halogens is 2. The van der Waals surface area contributed by atoms with Crippen molar-refractivity contribution in [3.63, 3.8) is 0 Å². The van der Waals surface area contributed by atoms with Crippen LogP contribution in [-0.2, 0) is 9.67 Å². The van der Waals surface area contributed by atoms with Crippen LogP contribution >= 0.6 is 23.2 Å². The Morgan fingerprint density at radius 1 is 1.19 bits per heavy atom. The van der Waals surface area contributed by atoms with Gasteiger partial charge in [-0.25, -0.2) is 0 Å². The molecule has 5 heteroatoms. The van der Waals surface area contributed by atoms with Gasteiger partial charge in [-0.05, 0) is 31.2 Å². The molecule has 0 saturated carbocycles. The van der Waals surface area contributed by atoms with E-state index >= 15 is 0 Å². The van der Waals surface area contributed by atoms with E-state index in [0.717, 1.165) is 0 Å². The molecule has 0 aliphatic carbocycles. The highest BCUT2D eigenvalue weighted by atomic mass is 35.5. The third-order valence-electron chi connectivity index (χ3n) is 3.47. The molecule has 3 nitrogen and oxygen atoms in total. The molecule has 1 amide bonds. The highest BCUT2D eigenvalue weighted by Crippen LogP contribution is 2.49. The zero-order valence-electron chi connectivity index (χ0n) is 11.3. The van der Waals surface area contributed by atoms with Gasteiger partial charge in [-0.2, -0.15) is 0 Å². The van der Waals surface area contributed by atoms with Crippen molar-refractivity contribution in [1.29, 1.82) is 0 Å². The number of anilines is 1. The predicted octanol–water partition coefficient (Wildman–Crippen LogP) is 4.17. The molecule has 1 heterocycles. The van der Waals surface area contributed by atoms with Gasteiger partial charge in [-0.1, -0.05) is 41.4 Å². The number of carbonyl (C=O) groups is 1. The van der Waals surface area contributed by atoms with E-state index in [9.17, 15) is 4.79 Å². The quantitative estimate of drug-likeness (QED) is 0.861. The Hall–Kier alpha value is -1.71. The number of para-hydroxylation sites is 1. The van der Waals surface area contributed by atoms with Gasteiger partial charge < -0.3 is 10.1 Å². The van der Waals surface area contributed by atoms with E-state index in [1.165, 1.54) is 0 Å². The summed E-state index contributed by atoms with van der Waals surface area (Å²) in [6.45, 7) is 2.38. The van der Waals surface area contributed by atoms with Crippen molar-refractivity contribution >= 4 is 34.8 Å². The highest BCUT2D eigenvalue weighted by Gasteiger charge is 2.48. The van der Waals surface area contributed by atoms with Crippen molar-refractivity contribution in [2.24, 2.45) is 0 Å². The van der Waals surface area contributed by atoms with E-state index in [0.29, 0.717) is 34.2 Å². The second-order valence-electron chi connectivity index (χ2n) is 4.73. The number of alkyl halides is 1. The van der Waals surface area contributed by atoms with E-state index in [1.54, 1.807) is 30.3 Å². The first kappa shape index (κ1) is 14.2. The third-order valence-corrected chi connectivity index (χ3v) is 4.29. The van der Waals surface area contributed by atoms with Crippen LogP contribution in [0.1, 0.15) is 18.1 Å². The van der Waals surface area contributed by atoms with Crippen molar-refractivity contribution in [2.75, 3.05) is 11.9 Å². The van der Waals surface area contributed by atoms with E-state index in [1.807, 2.05) is 19.1 Å².